The van der Waals surface area contributed by atoms with Crippen LogP contribution < -0.4 is 11.1 Å². The molecule has 6 heteroatoms. The summed E-state index contributed by atoms with van der Waals surface area (Å²) in [6.07, 6.45) is 0. The fourth-order valence-corrected chi connectivity index (χ4v) is 1.83. The van der Waals surface area contributed by atoms with E-state index in [0.29, 0.717) is 22.5 Å². The SMILES string of the molecule is CCOC(=O)c1sc(NCC(C)C)nc1N. The molecule has 0 saturated carbocycles. The molecule has 1 aromatic heterocycles. The van der Waals surface area contributed by atoms with E-state index < -0.39 is 5.97 Å². The maximum absolute atomic E-state index is 11.5. The van der Waals surface area contributed by atoms with Crippen LogP contribution in [0, 0.1) is 5.92 Å². The van der Waals surface area contributed by atoms with Gasteiger partial charge in [0.25, 0.3) is 0 Å². The van der Waals surface area contributed by atoms with Gasteiger partial charge in [-0.1, -0.05) is 25.2 Å². The zero-order valence-electron chi connectivity index (χ0n) is 9.74. The molecular weight excluding hydrogens is 226 g/mol. The second kappa shape index (κ2) is 5.69. The number of nitrogens with one attached hydrogen (secondary N) is 1. The van der Waals surface area contributed by atoms with Gasteiger partial charge in [-0.25, -0.2) is 9.78 Å². The number of carbonyl (C=O) groups is 1. The minimum atomic E-state index is -0.407. The number of thiazole rings is 1. The second-order valence-corrected chi connectivity index (χ2v) is 4.73. The summed E-state index contributed by atoms with van der Waals surface area (Å²) in [4.78, 5) is 15.9. The van der Waals surface area contributed by atoms with Crippen molar-refractivity contribution in [3.63, 3.8) is 0 Å². The molecule has 0 radical (unpaired) electrons. The number of anilines is 2. The highest BCUT2D eigenvalue weighted by Crippen LogP contribution is 2.25. The van der Waals surface area contributed by atoms with E-state index in [4.69, 9.17) is 10.5 Å². The summed E-state index contributed by atoms with van der Waals surface area (Å²) in [6, 6.07) is 0. The van der Waals surface area contributed by atoms with Crippen LogP contribution in [0.2, 0.25) is 0 Å². The van der Waals surface area contributed by atoms with Crippen LogP contribution in [-0.2, 0) is 4.74 Å². The molecule has 1 rings (SSSR count). The van der Waals surface area contributed by atoms with E-state index in [9.17, 15) is 4.79 Å². The minimum absolute atomic E-state index is 0.231. The lowest BCUT2D eigenvalue weighted by molar-refractivity contribution is 0.0533. The quantitative estimate of drug-likeness (QED) is 0.773. The van der Waals surface area contributed by atoms with Gasteiger partial charge in [-0.3, -0.25) is 0 Å². The number of nitrogens with zero attached hydrogens (tertiary/aromatic N) is 1. The Kier molecular flexibility index (Phi) is 4.54. The maximum Gasteiger partial charge on any atom is 0.352 e. The molecule has 5 nitrogen and oxygen atoms in total. The van der Waals surface area contributed by atoms with E-state index in [0.717, 1.165) is 6.54 Å². The Morgan fingerprint density at radius 2 is 2.31 bits per heavy atom. The number of esters is 1. The maximum atomic E-state index is 11.5. The molecule has 0 atom stereocenters. The van der Waals surface area contributed by atoms with Gasteiger partial charge < -0.3 is 15.8 Å². The van der Waals surface area contributed by atoms with Crippen LogP contribution in [0.4, 0.5) is 10.9 Å². The second-order valence-electron chi connectivity index (χ2n) is 3.73. The van der Waals surface area contributed by atoms with Crippen molar-refractivity contribution >= 4 is 28.3 Å². The summed E-state index contributed by atoms with van der Waals surface area (Å²) in [7, 11) is 0. The first kappa shape index (κ1) is 12.8. The Balaban J connectivity index is 2.69. The smallest absolute Gasteiger partial charge is 0.352 e. The van der Waals surface area contributed by atoms with Gasteiger partial charge in [0.1, 0.15) is 0 Å². The van der Waals surface area contributed by atoms with Gasteiger partial charge in [-0.05, 0) is 12.8 Å². The molecular formula is C10H17N3O2S. The highest BCUT2D eigenvalue weighted by molar-refractivity contribution is 7.17. The minimum Gasteiger partial charge on any atom is -0.462 e. The number of hydrogen-bond acceptors (Lipinski definition) is 6. The van der Waals surface area contributed by atoms with Crippen LogP contribution in [0.5, 0.6) is 0 Å². The molecule has 0 fully saturated rings. The number of nitrogens with two attached hydrogens (primary N) is 1. The molecule has 0 aliphatic carbocycles. The molecule has 0 aliphatic heterocycles. The summed E-state index contributed by atoms with van der Waals surface area (Å²) in [5.74, 6) is 0.334. The zero-order chi connectivity index (χ0) is 12.1. The van der Waals surface area contributed by atoms with Crippen LogP contribution >= 0.6 is 11.3 Å². The van der Waals surface area contributed by atoms with E-state index in [1.54, 1.807) is 6.92 Å². The summed E-state index contributed by atoms with van der Waals surface area (Å²) in [5, 5.41) is 3.78. The third-order valence-electron chi connectivity index (χ3n) is 1.78. The summed E-state index contributed by atoms with van der Waals surface area (Å²) >= 11 is 1.23. The first-order valence-electron chi connectivity index (χ1n) is 5.21. The lowest BCUT2D eigenvalue weighted by atomic mass is 10.2. The summed E-state index contributed by atoms with van der Waals surface area (Å²) < 4.78 is 4.87. The summed E-state index contributed by atoms with van der Waals surface area (Å²) in [5.41, 5.74) is 5.64. The predicted molar refractivity (Wildman–Crippen MR) is 65.8 cm³/mol. The molecule has 0 spiro atoms. The van der Waals surface area contributed by atoms with Gasteiger partial charge in [0.2, 0.25) is 0 Å². The number of hydrogen-bond donors (Lipinski definition) is 2. The Morgan fingerprint density at radius 1 is 1.62 bits per heavy atom. The van der Waals surface area contributed by atoms with Gasteiger partial charge in [-0.2, -0.15) is 0 Å². The van der Waals surface area contributed by atoms with E-state index in [1.165, 1.54) is 11.3 Å². The first-order valence-corrected chi connectivity index (χ1v) is 6.03. The molecule has 0 bridgehead atoms. The van der Waals surface area contributed by atoms with Crippen LogP contribution in [0.15, 0.2) is 0 Å². The average molecular weight is 243 g/mol. The fourth-order valence-electron chi connectivity index (χ4n) is 1.04. The molecule has 1 aromatic rings. The standard InChI is InChI=1S/C10H17N3O2S/c1-4-15-9(14)7-8(11)13-10(16-7)12-5-6(2)3/h6H,4-5,11H2,1-3H3,(H,12,13). The number of nitrogen functional groups attached to an aromatic ring is 1. The number of aromatic nitrogens is 1. The molecule has 0 aromatic carbocycles. The van der Waals surface area contributed by atoms with Crippen molar-refractivity contribution in [1.82, 2.24) is 4.98 Å². The molecule has 0 amide bonds. The Labute approximate surface area is 99.0 Å². The van der Waals surface area contributed by atoms with Crippen LogP contribution in [-0.4, -0.2) is 24.1 Å². The van der Waals surface area contributed by atoms with E-state index in [-0.39, 0.29) is 5.82 Å². The van der Waals surface area contributed by atoms with Gasteiger partial charge in [0.05, 0.1) is 6.61 Å². The third kappa shape index (κ3) is 3.37. The van der Waals surface area contributed by atoms with Crippen molar-refractivity contribution in [1.29, 1.82) is 0 Å². The van der Waals surface area contributed by atoms with Gasteiger partial charge in [0.15, 0.2) is 15.8 Å². The highest BCUT2D eigenvalue weighted by Gasteiger charge is 2.16. The van der Waals surface area contributed by atoms with Crippen molar-refractivity contribution in [2.24, 2.45) is 5.92 Å². The van der Waals surface area contributed by atoms with Crippen molar-refractivity contribution in [3.05, 3.63) is 4.88 Å². The number of rotatable bonds is 5. The van der Waals surface area contributed by atoms with E-state index in [2.05, 4.69) is 24.1 Å². The van der Waals surface area contributed by atoms with Crippen LogP contribution in [0.25, 0.3) is 0 Å². The fraction of sp³-hybridized carbons (Fsp3) is 0.600. The topological polar surface area (TPSA) is 77.2 Å². The van der Waals surface area contributed by atoms with Crippen molar-refractivity contribution in [3.8, 4) is 0 Å². The third-order valence-corrected chi connectivity index (χ3v) is 2.78. The normalized spacial score (nSPS) is 10.5. The average Bonchev–Trinajstić information content (AvgIpc) is 2.57. The molecule has 3 N–H and O–H groups in total. The van der Waals surface area contributed by atoms with E-state index >= 15 is 0 Å². The van der Waals surface area contributed by atoms with Gasteiger partial charge in [0, 0.05) is 6.54 Å². The molecule has 90 valence electrons. The number of carbonyl (C=O) groups excluding carboxylic acids is 1. The van der Waals surface area contributed by atoms with Crippen molar-refractivity contribution in [2.45, 2.75) is 20.8 Å². The molecule has 1 heterocycles. The van der Waals surface area contributed by atoms with E-state index in [1.807, 2.05) is 0 Å². The molecule has 16 heavy (non-hydrogen) atoms. The zero-order valence-corrected chi connectivity index (χ0v) is 10.6. The molecule has 0 aliphatic rings. The summed E-state index contributed by atoms with van der Waals surface area (Å²) in [6.45, 7) is 7.08. The highest BCUT2D eigenvalue weighted by atomic mass is 32.1. The molecule has 0 unspecified atom stereocenters. The van der Waals surface area contributed by atoms with Crippen LogP contribution in [0.1, 0.15) is 30.4 Å². The Morgan fingerprint density at radius 3 is 2.88 bits per heavy atom. The van der Waals surface area contributed by atoms with Crippen molar-refractivity contribution in [2.75, 3.05) is 24.2 Å². The van der Waals surface area contributed by atoms with Gasteiger partial charge in [-0.15, -0.1) is 0 Å². The predicted octanol–water partition coefficient (Wildman–Crippen LogP) is 1.97. The van der Waals surface area contributed by atoms with Crippen LogP contribution in [0.3, 0.4) is 0 Å². The van der Waals surface area contributed by atoms with Gasteiger partial charge >= 0.3 is 5.97 Å². The first-order chi connectivity index (χ1) is 7.54. The monoisotopic (exact) mass is 243 g/mol. The largest absolute Gasteiger partial charge is 0.462 e. The molecule has 0 saturated heterocycles. The Bertz CT molecular complexity index is 363. The number of ether oxygens (including phenoxy) is 1. The lowest BCUT2D eigenvalue weighted by Crippen LogP contribution is -2.07. The lowest BCUT2D eigenvalue weighted by Gasteiger charge is -2.04. The Hall–Kier alpha value is -1.30. The van der Waals surface area contributed by atoms with Crippen molar-refractivity contribution < 1.29 is 9.53 Å².